The van der Waals surface area contributed by atoms with E-state index in [2.05, 4.69) is 20.5 Å². The first kappa shape index (κ1) is 16.5. The van der Waals surface area contributed by atoms with E-state index < -0.39 is 0 Å². The summed E-state index contributed by atoms with van der Waals surface area (Å²) in [6.07, 6.45) is 3.41. The summed E-state index contributed by atoms with van der Waals surface area (Å²) in [6, 6.07) is 10.7. The molecule has 1 amide bonds. The van der Waals surface area contributed by atoms with Crippen molar-refractivity contribution in [3.8, 4) is 11.4 Å². The van der Waals surface area contributed by atoms with Crippen LogP contribution in [-0.2, 0) is 11.8 Å². The summed E-state index contributed by atoms with van der Waals surface area (Å²) in [5.41, 5.74) is 1.64. The highest BCUT2D eigenvalue weighted by Crippen LogP contribution is 2.22. The highest BCUT2D eigenvalue weighted by atomic mass is 35.5. The normalized spacial score (nSPS) is 10.6. The van der Waals surface area contributed by atoms with Gasteiger partial charge in [0.25, 0.3) is 0 Å². The molecule has 0 bridgehead atoms. The topological polar surface area (TPSA) is 72.7 Å². The minimum absolute atomic E-state index is 0.115. The average Bonchev–Trinajstić information content (AvgIpc) is 2.97. The summed E-state index contributed by atoms with van der Waals surface area (Å²) in [7, 11) is 1.87. The van der Waals surface area contributed by atoms with E-state index >= 15 is 0 Å². The fourth-order valence-electron chi connectivity index (χ4n) is 2.05. The van der Waals surface area contributed by atoms with Gasteiger partial charge >= 0.3 is 0 Å². The summed E-state index contributed by atoms with van der Waals surface area (Å²) in [6.45, 7) is 0. The lowest BCUT2D eigenvalue weighted by Crippen LogP contribution is -2.14. The largest absolute Gasteiger partial charge is 0.325 e. The fourth-order valence-corrected chi connectivity index (χ4v) is 2.89. The first-order chi connectivity index (χ1) is 11.6. The molecule has 2 heterocycles. The van der Waals surface area contributed by atoms with E-state index in [0.29, 0.717) is 15.9 Å². The van der Waals surface area contributed by atoms with E-state index in [-0.39, 0.29) is 11.7 Å². The number of carbonyl (C=O) groups is 1. The number of rotatable bonds is 5. The smallest absolute Gasteiger partial charge is 0.234 e. The Morgan fingerprint density at radius 1 is 1.17 bits per heavy atom. The summed E-state index contributed by atoms with van der Waals surface area (Å²) in [5.74, 6) is 0.860. The number of amides is 1. The second-order valence-electron chi connectivity index (χ2n) is 4.94. The Bertz CT molecular complexity index is 835. The molecular weight excluding hydrogens is 346 g/mol. The molecule has 0 unspecified atom stereocenters. The standard InChI is InChI=1S/C16H14ClN5OS/c1-22-15(11-6-8-18-9-7-11)20-21-16(22)24-10-14(23)19-13-4-2-12(17)3-5-13/h2-9H,10H2,1H3,(H,19,23). The number of aromatic nitrogens is 4. The van der Waals surface area contributed by atoms with Gasteiger partial charge in [0.1, 0.15) is 0 Å². The number of benzene rings is 1. The lowest BCUT2D eigenvalue weighted by atomic mass is 10.2. The SMILES string of the molecule is Cn1c(SCC(=O)Nc2ccc(Cl)cc2)nnc1-c1ccncc1. The van der Waals surface area contributed by atoms with Crippen LogP contribution in [0.2, 0.25) is 5.02 Å². The fraction of sp³-hybridized carbons (Fsp3) is 0.125. The van der Waals surface area contributed by atoms with Crippen LogP contribution in [-0.4, -0.2) is 31.4 Å². The Kier molecular flexibility index (Phi) is 5.12. The number of nitrogens with zero attached hydrogens (tertiary/aromatic N) is 4. The molecule has 3 rings (SSSR count). The molecule has 122 valence electrons. The van der Waals surface area contributed by atoms with Gasteiger partial charge in [-0.2, -0.15) is 0 Å². The summed E-state index contributed by atoms with van der Waals surface area (Å²) < 4.78 is 1.86. The maximum Gasteiger partial charge on any atom is 0.234 e. The average molecular weight is 360 g/mol. The minimum atomic E-state index is -0.115. The van der Waals surface area contributed by atoms with Crippen molar-refractivity contribution in [3.05, 3.63) is 53.8 Å². The maximum absolute atomic E-state index is 12.0. The van der Waals surface area contributed by atoms with Crippen molar-refractivity contribution in [2.24, 2.45) is 7.05 Å². The third-order valence-electron chi connectivity index (χ3n) is 3.23. The van der Waals surface area contributed by atoms with Crippen LogP contribution in [0.15, 0.2) is 53.9 Å². The number of pyridine rings is 1. The van der Waals surface area contributed by atoms with Crippen molar-refractivity contribution in [3.63, 3.8) is 0 Å². The molecule has 0 fully saturated rings. The van der Waals surface area contributed by atoms with Gasteiger partial charge in [-0.15, -0.1) is 10.2 Å². The predicted octanol–water partition coefficient (Wildman–Crippen LogP) is 3.26. The molecule has 6 nitrogen and oxygen atoms in total. The number of hydrogen-bond donors (Lipinski definition) is 1. The minimum Gasteiger partial charge on any atom is -0.325 e. The van der Waals surface area contributed by atoms with Crippen molar-refractivity contribution < 1.29 is 4.79 Å². The molecular formula is C16H14ClN5OS. The molecule has 0 aliphatic heterocycles. The summed E-state index contributed by atoms with van der Waals surface area (Å²) in [4.78, 5) is 16.0. The molecule has 1 aromatic carbocycles. The molecule has 0 spiro atoms. The van der Waals surface area contributed by atoms with E-state index in [9.17, 15) is 4.79 Å². The number of nitrogens with one attached hydrogen (secondary N) is 1. The number of carbonyl (C=O) groups excluding carboxylic acids is 1. The Labute approximate surface area is 148 Å². The van der Waals surface area contributed by atoms with Crippen LogP contribution in [0, 0.1) is 0 Å². The van der Waals surface area contributed by atoms with Gasteiger partial charge in [0.05, 0.1) is 5.75 Å². The van der Waals surface area contributed by atoms with Gasteiger partial charge in [0, 0.05) is 35.7 Å². The lowest BCUT2D eigenvalue weighted by Gasteiger charge is -2.05. The molecule has 0 aliphatic rings. The molecule has 0 aliphatic carbocycles. The van der Waals surface area contributed by atoms with Crippen LogP contribution >= 0.6 is 23.4 Å². The third-order valence-corrected chi connectivity index (χ3v) is 4.51. The molecule has 0 radical (unpaired) electrons. The lowest BCUT2D eigenvalue weighted by molar-refractivity contribution is -0.113. The van der Waals surface area contributed by atoms with Gasteiger partial charge in [-0.3, -0.25) is 9.78 Å². The van der Waals surface area contributed by atoms with Gasteiger partial charge < -0.3 is 9.88 Å². The molecule has 24 heavy (non-hydrogen) atoms. The summed E-state index contributed by atoms with van der Waals surface area (Å²) >= 11 is 7.15. The van der Waals surface area contributed by atoms with E-state index in [1.807, 2.05) is 23.7 Å². The molecule has 1 N–H and O–H groups in total. The van der Waals surface area contributed by atoms with E-state index in [1.54, 1.807) is 36.7 Å². The zero-order valence-electron chi connectivity index (χ0n) is 12.8. The van der Waals surface area contributed by atoms with Crippen molar-refractivity contribution in [2.45, 2.75) is 5.16 Å². The number of thioether (sulfide) groups is 1. The van der Waals surface area contributed by atoms with Crippen molar-refractivity contribution in [2.75, 3.05) is 11.1 Å². The van der Waals surface area contributed by atoms with E-state index in [0.717, 1.165) is 11.4 Å². The Hall–Kier alpha value is -2.38. The zero-order chi connectivity index (χ0) is 16.9. The van der Waals surface area contributed by atoms with Crippen molar-refractivity contribution in [1.29, 1.82) is 0 Å². The first-order valence-electron chi connectivity index (χ1n) is 7.11. The molecule has 0 atom stereocenters. The number of hydrogen-bond acceptors (Lipinski definition) is 5. The zero-order valence-corrected chi connectivity index (χ0v) is 14.4. The van der Waals surface area contributed by atoms with Crippen molar-refractivity contribution in [1.82, 2.24) is 19.7 Å². The van der Waals surface area contributed by atoms with Gasteiger partial charge in [-0.05, 0) is 36.4 Å². The van der Waals surface area contributed by atoms with E-state index in [1.165, 1.54) is 11.8 Å². The van der Waals surface area contributed by atoms with Crippen LogP contribution in [0.4, 0.5) is 5.69 Å². The van der Waals surface area contributed by atoms with Crippen molar-refractivity contribution >= 4 is 35.0 Å². The molecule has 8 heteroatoms. The number of anilines is 1. The van der Waals surface area contributed by atoms with Gasteiger partial charge in [0.2, 0.25) is 5.91 Å². The summed E-state index contributed by atoms with van der Waals surface area (Å²) in [5, 5.41) is 12.4. The number of halogens is 1. The maximum atomic E-state index is 12.0. The van der Waals surface area contributed by atoms with Gasteiger partial charge in [-0.1, -0.05) is 23.4 Å². The molecule has 3 aromatic rings. The quantitative estimate of drug-likeness (QED) is 0.708. The van der Waals surface area contributed by atoms with Gasteiger partial charge in [-0.25, -0.2) is 0 Å². The van der Waals surface area contributed by atoms with Crippen LogP contribution in [0.5, 0.6) is 0 Å². The van der Waals surface area contributed by atoms with Gasteiger partial charge in [0.15, 0.2) is 11.0 Å². The second-order valence-corrected chi connectivity index (χ2v) is 6.32. The Morgan fingerprint density at radius 3 is 2.58 bits per heavy atom. The Morgan fingerprint density at radius 2 is 1.88 bits per heavy atom. The highest BCUT2D eigenvalue weighted by molar-refractivity contribution is 7.99. The third kappa shape index (κ3) is 3.93. The highest BCUT2D eigenvalue weighted by Gasteiger charge is 2.12. The van der Waals surface area contributed by atoms with E-state index in [4.69, 9.17) is 11.6 Å². The monoisotopic (exact) mass is 359 g/mol. The molecule has 0 saturated carbocycles. The second kappa shape index (κ2) is 7.46. The van der Waals surface area contributed by atoms with Crippen LogP contribution in [0.1, 0.15) is 0 Å². The van der Waals surface area contributed by atoms with Crippen LogP contribution in [0.25, 0.3) is 11.4 Å². The molecule has 0 saturated heterocycles. The Balaban J connectivity index is 1.62. The van der Waals surface area contributed by atoms with Crippen LogP contribution < -0.4 is 5.32 Å². The van der Waals surface area contributed by atoms with Crippen LogP contribution in [0.3, 0.4) is 0 Å². The first-order valence-corrected chi connectivity index (χ1v) is 8.48. The predicted molar refractivity (Wildman–Crippen MR) is 95.0 cm³/mol. The molecule has 2 aromatic heterocycles.